The monoisotopic (exact) mass is 467 g/mol. The van der Waals surface area contributed by atoms with Crippen molar-refractivity contribution in [1.82, 2.24) is 4.90 Å². The molecule has 1 N–H and O–H groups in total. The summed E-state index contributed by atoms with van der Waals surface area (Å²) in [6.45, 7) is 5.13. The van der Waals surface area contributed by atoms with Gasteiger partial charge in [0.25, 0.3) is 0 Å². The quantitative estimate of drug-likeness (QED) is 0.361. The summed E-state index contributed by atoms with van der Waals surface area (Å²) in [4.78, 5) is 2.38. The molecule has 1 fully saturated rings. The van der Waals surface area contributed by atoms with Gasteiger partial charge in [-0.2, -0.15) is 0 Å². The van der Waals surface area contributed by atoms with Crippen molar-refractivity contribution >= 4 is 10.8 Å². The van der Waals surface area contributed by atoms with Crippen molar-refractivity contribution < 1.29 is 19.3 Å². The molecule has 0 amide bonds. The van der Waals surface area contributed by atoms with Gasteiger partial charge in [-0.15, -0.1) is 0 Å². The van der Waals surface area contributed by atoms with E-state index in [1.165, 1.54) is 27.8 Å². The molecule has 2 aliphatic rings. The molecule has 1 aliphatic heterocycles. The Morgan fingerprint density at radius 2 is 1.69 bits per heavy atom. The van der Waals surface area contributed by atoms with Gasteiger partial charge in [0.05, 0.1) is 20.3 Å². The molecule has 1 atom stereocenters. The second kappa shape index (κ2) is 9.25. The van der Waals surface area contributed by atoms with Gasteiger partial charge in [0.2, 0.25) is 0 Å². The molecule has 0 bridgehead atoms. The second-order valence-corrected chi connectivity index (χ2v) is 9.19. The summed E-state index contributed by atoms with van der Waals surface area (Å²) >= 11 is 0. The second-order valence-electron chi connectivity index (χ2n) is 9.19. The van der Waals surface area contributed by atoms with E-state index in [0.29, 0.717) is 6.61 Å². The van der Waals surface area contributed by atoms with E-state index in [4.69, 9.17) is 14.2 Å². The fourth-order valence-electron chi connectivity index (χ4n) is 5.41. The number of hydrogen-bond donors (Lipinski definition) is 1. The number of hydrogen-bond acceptors (Lipinski definition) is 5. The zero-order valence-electron chi connectivity index (χ0n) is 19.9. The number of phenolic OH excluding ortho intramolecular Hbond substituents is 1. The minimum absolute atomic E-state index is 0.0987. The number of nitrogens with zero attached hydrogens (tertiary/aromatic N) is 1. The van der Waals surface area contributed by atoms with Crippen LogP contribution in [0.5, 0.6) is 17.2 Å². The highest BCUT2D eigenvalue weighted by Gasteiger charge is 2.32. The van der Waals surface area contributed by atoms with Crippen molar-refractivity contribution in [1.29, 1.82) is 0 Å². The summed E-state index contributed by atoms with van der Waals surface area (Å²) < 4.78 is 17.0. The molecule has 5 nitrogen and oxygen atoms in total. The van der Waals surface area contributed by atoms with Crippen LogP contribution in [-0.2, 0) is 4.74 Å². The number of aromatic hydroxyl groups is 1. The number of fused-ring (bicyclic) bond motifs is 5. The van der Waals surface area contributed by atoms with Crippen molar-refractivity contribution in [3.8, 4) is 28.4 Å². The number of methoxy groups -OCH3 is 1. The van der Waals surface area contributed by atoms with E-state index in [-0.39, 0.29) is 11.7 Å². The average molecular weight is 468 g/mol. The molecule has 1 aliphatic carbocycles. The van der Waals surface area contributed by atoms with E-state index >= 15 is 0 Å². The molecule has 5 heteroatoms. The highest BCUT2D eigenvalue weighted by atomic mass is 16.5. The topological polar surface area (TPSA) is 51.2 Å². The minimum Gasteiger partial charge on any atom is -0.508 e. The van der Waals surface area contributed by atoms with E-state index in [2.05, 4.69) is 53.4 Å². The molecule has 0 saturated carbocycles. The van der Waals surface area contributed by atoms with Crippen LogP contribution in [0.25, 0.3) is 21.9 Å². The third-order valence-corrected chi connectivity index (χ3v) is 7.19. The first kappa shape index (κ1) is 22.0. The third kappa shape index (κ3) is 4.11. The van der Waals surface area contributed by atoms with Gasteiger partial charge in [-0.3, -0.25) is 4.90 Å². The van der Waals surface area contributed by atoms with Crippen LogP contribution in [0.2, 0.25) is 0 Å². The van der Waals surface area contributed by atoms with Crippen molar-refractivity contribution in [2.45, 2.75) is 5.92 Å². The fraction of sp³-hybridized carbons (Fsp3) is 0.267. The summed E-state index contributed by atoms with van der Waals surface area (Å²) in [6, 6.07) is 24.7. The van der Waals surface area contributed by atoms with Crippen LogP contribution in [0.3, 0.4) is 0 Å². The molecule has 4 aromatic carbocycles. The van der Waals surface area contributed by atoms with Gasteiger partial charge in [-0.1, -0.05) is 36.4 Å². The van der Waals surface area contributed by atoms with Gasteiger partial charge >= 0.3 is 0 Å². The lowest BCUT2D eigenvalue weighted by molar-refractivity contribution is 0.0322. The maximum Gasteiger partial charge on any atom is 0.119 e. The van der Waals surface area contributed by atoms with E-state index in [9.17, 15) is 5.11 Å². The first-order valence-electron chi connectivity index (χ1n) is 12.2. The van der Waals surface area contributed by atoms with E-state index < -0.39 is 0 Å². The zero-order valence-corrected chi connectivity index (χ0v) is 19.9. The van der Waals surface area contributed by atoms with Crippen LogP contribution in [0.15, 0.2) is 72.8 Å². The van der Waals surface area contributed by atoms with E-state index in [1.807, 2.05) is 18.2 Å². The Morgan fingerprint density at radius 3 is 2.49 bits per heavy atom. The smallest absolute Gasteiger partial charge is 0.119 e. The normalized spacial score (nSPS) is 17.2. The summed E-state index contributed by atoms with van der Waals surface area (Å²) in [5, 5.41) is 12.2. The molecule has 1 unspecified atom stereocenters. The highest BCUT2D eigenvalue weighted by Crippen LogP contribution is 2.51. The number of rotatable bonds is 6. The molecule has 4 aromatic rings. The molecule has 1 saturated heterocycles. The first-order chi connectivity index (χ1) is 17.2. The Kier molecular flexibility index (Phi) is 5.80. The van der Waals surface area contributed by atoms with Crippen LogP contribution in [0, 0.1) is 0 Å². The molecule has 0 spiro atoms. The fourth-order valence-corrected chi connectivity index (χ4v) is 5.41. The van der Waals surface area contributed by atoms with Gasteiger partial charge < -0.3 is 19.3 Å². The summed E-state index contributed by atoms with van der Waals surface area (Å²) in [7, 11) is 1.70. The van der Waals surface area contributed by atoms with Crippen LogP contribution < -0.4 is 9.47 Å². The summed E-state index contributed by atoms with van der Waals surface area (Å²) in [5.74, 6) is 2.12. The molecule has 0 aromatic heterocycles. The van der Waals surface area contributed by atoms with Crippen LogP contribution in [0.4, 0.5) is 0 Å². The van der Waals surface area contributed by atoms with Crippen LogP contribution in [-0.4, -0.2) is 56.6 Å². The van der Waals surface area contributed by atoms with Crippen LogP contribution >= 0.6 is 0 Å². The molecule has 35 heavy (non-hydrogen) atoms. The SMILES string of the molecule is COc1ccc2c(c1)-c1ccc3cc(O)ccc3c1C2c1ccc(OCCN2CCOCC2)cc1. The number of morpholine rings is 1. The molecule has 1 heterocycles. The van der Waals surface area contributed by atoms with Gasteiger partial charge in [0, 0.05) is 25.6 Å². The lowest BCUT2D eigenvalue weighted by Gasteiger charge is -2.26. The molecule has 178 valence electrons. The lowest BCUT2D eigenvalue weighted by Crippen LogP contribution is -2.38. The lowest BCUT2D eigenvalue weighted by atomic mass is 9.86. The van der Waals surface area contributed by atoms with E-state index in [0.717, 1.165) is 55.1 Å². The Hall–Kier alpha value is -3.54. The maximum atomic E-state index is 10.0. The number of benzene rings is 4. The Labute approximate surface area is 205 Å². The van der Waals surface area contributed by atoms with E-state index in [1.54, 1.807) is 13.2 Å². The first-order valence-corrected chi connectivity index (χ1v) is 12.2. The Bertz CT molecular complexity index is 1360. The predicted molar refractivity (Wildman–Crippen MR) is 138 cm³/mol. The van der Waals surface area contributed by atoms with Crippen molar-refractivity contribution in [3.05, 3.63) is 89.5 Å². The van der Waals surface area contributed by atoms with Gasteiger partial charge in [0.15, 0.2) is 0 Å². The molecular formula is C30H29NO4. The van der Waals surface area contributed by atoms with Crippen molar-refractivity contribution in [2.24, 2.45) is 0 Å². The highest BCUT2D eigenvalue weighted by molar-refractivity contribution is 5.98. The van der Waals surface area contributed by atoms with Gasteiger partial charge in [-0.25, -0.2) is 0 Å². The molecule has 6 rings (SSSR count). The average Bonchev–Trinajstić information content (AvgIpc) is 3.23. The Balaban J connectivity index is 1.33. The van der Waals surface area contributed by atoms with Crippen molar-refractivity contribution in [2.75, 3.05) is 46.6 Å². The standard InChI is InChI=1S/C30H29NO4/c1-33-24-8-11-26-28(19-24)27-9-4-21-18-22(32)5-10-25(21)30(27)29(26)20-2-6-23(7-3-20)35-17-14-31-12-15-34-16-13-31/h2-11,18-19,29,32H,12-17H2,1H3. The maximum absolute atomic E-state index is 10.0. The van der Waals surface area contributed by atoms with Gasteiger partial charge in [0.1, 0.15) is 23.9 Å². The Morgan fingerprint density at radius 1 is 0.886 bits per heavy atom. The number of phenols is 1. The zero-order chi connectivity index (χ0) is 23.8. The van der Waals surface area contributed by atoms with Crippen molar-refractivity contribution in [3.63, 3.8) is 0 Å². The minimum atomic E-state index is 0.0987. The van der Waals surface area contributed by atoms with Gasteiger partial charge in [-0.05, 0) is 75.0 Å². The molecule has 0 radical (unpaired) electrons. The predicted octanol–water partition coefficient (Wildman–Crippen LogP) is 5.43. The summed E-state index contributed by atoms with van der Waals surface area (Å²) in [6.07, 6.45) is 0. The largest absolute Gasteiger partial charge is 0.508 e. The summed E-state index contributed by atoms with van der Waals surface area (Å²) in [5.41, 5.74) is 6.17. The molecular weight excluding hydrogens is 438 g/mol. The van der Waals surface area contributed by atoms with Crippen LogP contribution in [0.1, 0.15) is 22.6 Å². The third-order valence-electron chi connectivity index (χ3n) is 7.19. The number of ether oxygens (including phenoxy) is 3.